The lowest BCUT2D eigenvalue weighted by atomic mass is 9.97. The normalized spacial score (nSPS) is 20.5. The Bertz CT molecular complexity index is 851. The zero-order valence-corrected chi connectivity index (χ0v) is 13.7. The second kappa shape index (κ2) is 5.58. The third-order valence-corrected chi connectivity index (χ3v) is 5.37. The molecule has 0 radical (unpaired) electrons. The fraction of sp³-hybridized carbons (Fsp3) is 0.421. The number of para-hydroxylation sites is 2. The molecule has 0 amide bonds. The number of hydrogen-bond acceptors (Lipinski definition) is 4. The van der Waals surface area contributed by atoms with Crippen LogP contribution in [0.5, 0.6) is 0 Å². The van der Waals surface area contributed by atoms with Gasteiger partial charge in [-0.1, -0.05) is 12.1 Å². The summed E-state index contributed by atoms with van der Waals surface area (Å²) in [5.74, 6) is 2.73. The molecule has 1 aliphatic heterocycles. The van der Waals surface area contributed by atoms with Crippen molar-refractivity contribution in [2.45, 2.75) is 38.0 Å². The monoisotopic (exact) mass is 319 g/mol. The van der Waals surface area contributed by atoms with Crippen LogP contribution in [0.25, 0.3) is 11.0 Å². The number of H-pyrrole nitrogens is 1. The molecule has 0 bridgehead atoms. The second-order valence-electron chi connectivity index (χ2n) is 6.90. The first-order valence-electron chi connectivity index (χ1n) is 8.91. The standard InChI is InChI=1S/C19H21N5/c1-2-8-17-16(7-1)22-18(23-17)13-5-4-10-24(11-13)19-14-6-3-9-15(14)20-12-21-19/h1-2,7-8,12-13H,3-6,9-11H2,(H,22,23)/t13-/m0/s1. The molecule has 3 aromatic rings. The minimum atomic E-state index is 0.443. The van der Waals surface area contributed by atoms with Crippen LogP contribution in [-0.2, 0) is 12.8 Å². The van der Waals surface area contributed by atoms with E-state index in [0.29, 0.717) is 5.92 Å². The SMILES string of the molecule is c1ccc2[nH]c([C@H]3CCCN(c4ncnc5c4CCC5)C3)nc2c1. The van der Waals surface area contributed by atoms with Gasteiger partial charge in [0.25, 0.3) is 0 Å². The number of fused-ring (bicyclic) bond motifs is 2. The van der Waals surface area contributed by atoms with Crippen LogP contribution < -0.4 is 4.90 Å². The molecule has 1 saturated heterocycles. The third-order valence-electron chi connectivity index (χ3n) is 5.37. The molecule has 1 atom stereocenters. The van der Waals surface area contributed by atoms with Crippen molar-refractivity contribution in [1.29, 1.82) is 0 Å². The second-order valence-corrected chi connectivity index (χ2v) is 6.90. The van der Waals surface area contributed by atoms with Gasteiger partial charge in [-0.2, -0.15) is 0 Å². The summed E-state index contributed by atoms with van der Waals surface area (Å²) in [6.07, 6.45) is 7.54. The van der Waals surface area contributed by atoms with Crippen LogP contribution in [0.4, 0.5) is 5.82 Å². The fourth-order valence-electron chi connectivity index (χ4n) is 4.17. The first-order valence-corrected chi connectivity index (χ1v) is 8.91. The Kier molecular flexibility index (Phi) is 3.25. The predicted molar refractivity (Wildman–Crippen MR) is 94.3 cm³/mol. The van der Waals surface area contributed by atoms with Crippen LogP contribution >= 0.6 is 0 Å². The highest BCUT2D eigenvalue weighted by Gasteiger charge is 2.28. The molecule has 2 aromatic heterocycles. The van der Waals surface area contributed by atoms with Crippen LogP contribution in [0.2, 0.25) is 0 Å². The molecule has 1 aromatic carbocycles. The average molecular weight is 319 g/mol. The van der Waals surface area contributed by atoms with Crippen LogP contribution in [0.15, 0.2) is 30.6 Å². The van der Waals surface area contributed by atoms with E-state index in [-0.39, 0.29) is 0 Å². The van der Waals surface area contributed by atoms with E-state index < -0.39 is 0 Å². The lowest BCUT2D eigenvalue weighted by Crippen LogP contribution is -2.36. The minimum absolute atomic E-state index is 0.443. The molecule has 1 aliphatic carbocycles. The molecule has 122 valence electrons. The summed E-state index contributed by atoms with van der Waals surface area (Å²) in [6, 6.07) is 8.28. The van der Waals surface area contributed by atoms with Crippen molar-refractivity contribution in [3.05, 3.63) is 47.7 Å². The van der Waals surface area contributed by atoms with Crippen LogP contribution in [0, 0.1) is 0 Å². The molecule has 24 heavy (non-hydrogen) atoms. The molecular formula is C19H21N5. The van der Waals surface area contributed by atoms with Crippen LogP contribution in [-0.4, -0.2) is 33.0 Å². The summed E-state index contributed by atoms with van der Waals surface area (Å²) >= 11 is 0. The number of benzene rings is 1. The lowest BCUT2D eigenvalue weighted by molar-refractivity contribution is 0.491. The van der Waals surface area contributed by atoms with Crippen molar-refractivity contribution in [3.8, 4) is 0 Å². The number of rotatable bonds is 2. The Morgan fingerprint density at radius 3 is 3.00 bits per heavy atom. The Morgan fingerprint density at radius 2 is 2.04 bits per heavy atom. The summed E-state index contributed by atoms with van der Waals surface area (Å²) in [5, 5.41) is 0. The zero-order valence-electron chi connectivity index (χ0n) is 13.7. The van der Waals surface area contributed by atoms with Gasteiger partial charge in [-0.15, -0.1) is 0 Å². The number of aromatic nitrogens is 4. The van der Waals surface area contributed by atoms with Crippen molar-refractivity contribution < 1.29 is 0 Å². The van der Waals surface area contributed by atoms with E-state index >= 15 is 0 Å². The highest BCUT2D eigenvalue weighted by Crippen LogP contribution is 2.33. The summed E-state index contributed by atoms with van der Waals surface area (Å²) in [5.41, 5.74) is 4.83. The lowest BCUT2D eigenvalue weighted by Gasteiger charge is -2.33. The van der Waals surface area contributed by atoms with Crippen molar-refractivity contribution in [2.75, 3.05) is 18.0 Å². The zero-order chi connectivity index (χ0) is 15.9. The minimum Gasteiger partial charge on any atom is -0.356 e. The van der Waals surface area contributed by atoms with E-state index in [9.17, 15) is 0 Å². The number of anilines is 1. The number of imidazole rings is 1. The van der Waals surface area contributed by atoms with E-state index in [1.165, 1.54) is 36.3 Å². The molecular weight excluding hydrogens is 298 g/mol. The first kappa shape index (κ1) is 14.0. The van der Waals surface area contributed by atoms with Gasteiger partial charge in [-0.05, 0) is 44.2 Å². The van der Waals surface area contributed by atoms with Crippen LogP contribution in [0.3, 0.4) is 0 Å². The van der Waals surface area contributed by atoms with E-state index in [0.717, 1.165) is 42.8 Å². The number of nitrogens with zero attached hydrogens (tertiary/aromatic N) is 4. The molecule has 0 saturated carbocycles. The maximum absolute atomic E-state index is 4.82. The molecule has 5 heteroatoms. The van der Waals surface area contributed by atoms with Crippen molar-refractivity contribution >= 4 is 16.9 Å². The highest BCUT2D eigenvalue weighted by molar-refractivity contribution is 5.74. The van der Waals surface area contributed by atoms with Gasteiger partial charge in [0.05, 0.1) is 11.0 Å². The number of piperidine rings is 1. The largest absolute Gasteiger partial charge is 0.356 e. The van der Waals surface area contributed by atoms with E-state index in [1.807, 2.05) is 6.07 Å². The Hall–Kier alpha value is -2.43. The smallest absolute Gasteiger partial charge is 0.135 e. The first-order chi connectivity index (χ1) is 11.9. The number of nitrogens with one attached hydrogen (secondary N) is 1. The summed E-state index contributed by atoms with van der Waals surface area (Å²) < 4.78 is 0. The van der Waals surface area contributed by atoms with Crippen molar-refractivity contribution in [3.63, 3.8) is 0 Å². The topological polar surface area (TPSA) is 57.7 Å². The van der Waals surface area contributed by atoms with Crippen molar-refractivity contribution in [2.24, 2.45) is 0 Å². The van der Waals surface area contributed by atoms with Gasteiger partial charge in [-0.3, -0.25) is 0 Å². The molecule has 3 heterocycles. The summed E-state index contributed by atoms with van der Waals surface area (Å²) in [4.78, 5) is 19.9. The van der Waals surface area contributed by atoms with Gasteiger partial charge in [0, 0.05) is 30.3 Å². The predicted octanol–water partition coefficient (Wildman–Crippen LogP) is 3.23. The number of aromatic amines is 1. The fourth-order valence-corrected chi connectivity index (χ4v) is 4.17. The molecule has 5 rings (SSSR count). The van der Waals surface area contributed by atoms with Gasteiger partial charge in [-0.25, -0.2) is 15.0 Å². The Balaban J connectivity index is 1.45. The maximum Gasteiger partial charge on any atom is 0.135 e. The van der Waals surface area contributed by atoms with Crippen LogP contribution in [0.1, 0.15) is 42.3 Å². The summed E-state index contributed by atoms with van der Waals surface area (Å²) in [7, 11) is 0. The third kappa shape index (κ3) is 2.27. The average Bonchev–Trinajstić information content (AvgIpc) is 3.28. The highest BCUT2D eigenvalue weighted by atomic mass is 15.2. The van der Waals surface area contributed by atoms with Gasteiger partial charge in [0.1, 0.15) is 18.0 Å². The molecule has 5 nitrogen and oxygen atoms in total. The Morgan fingerprint density at radius 1 is 1.08 bits per heavy atom. The van der Waals surface area contributed by atoms with E-state index in [4.69, 9.17) is 4.98 Å². The molecule has 2 aliphatic rings. The Labute approximate surface area is 141 Å². The maximum atomic E-state index is 4.82. The molecule has 1 N–H and O–H groups in total. The summed E-state index contributed by atoms with van der Waals surface area (Å²) in [6.45, 7) is 2.07. The van der Waals surface area contributed by atoms with Gasteiger partial charge >= 0.3 is 0 Å². The molecule has 1 fully saturated rings. The number of aryl methyl sites for hydroxylation is 1. The van der Waals surface area contributed by atoms with Gasteiger partial charge < -0.3 is 9.88 Å². The van der Waals surface area contributed by atoms with Crippen molar-refractivity contribution in [1.82, 2.24) is 19.9 Å². The quantitative estimate of drug-likeness (QED) is 0.788. The van der Waals surface area contributed by atoms with Gasteiger partial charge in [0.15, 0.2) is 0 Å². The van der Waals surface area contributed by atoms with Gasteiger partial charge in [0.2, 0.25) is 0 Å². The number of hydrogen-bond donors (Lipinski definition) is 1. The van der Waals surface area contributed by atoms with E-state index in [1.54, 1.807) is 6.33 Å². The molecule has 0 spiro atoms. The van der Waals surface area contributed by atoms with E-state index in [2.05, 4.69) is 38.1 Å². The molecule has 0 unspecified atom stereocenters.